The van der Waals surface area contributed by atoms with Gasteiger partial charge in [0.1, 0.15) is 12.2 Å². The minimum atomic E-state index is -0.232. The Balaban J connectivity index is 1.49. The summed E-state index contributed by atoms with van der Waals surface area (Å²) in [5.74, 6) is 1.23. The first kappa shape index (κ1) is 12.7. The van der Waals surface area contributed by atoms with Gasteiger partial charge in [-0.3, -0.25) is 9.58 Å². The molecule has 2 aromatic rings. The van der Waals surface area contributed by atoms with Gasteiger partial charge in [-0.2, -0.15) is 5.10 Å². The minimum Gasteiger partial charge on any atom is -0.348 e. The highest BCUT2D eigenvalue weighted by molar-refractivity contribution is 5.44. The molecule has 0 N–H and O–H groups in total. The summed E-state index contributed by atoms with van der Waals surface area (Å²) >= 11 is 0. The average molecular weight is 288 g/mol. The van der Waals surface area contributed by atoms with Crippen LogP contribution in [0, 0.1) is 5.82 Å². The molecule has 2 aliphatic heterocycles. The van der Waals surface area contributed by atoms with Crippen molar-refractivity contribution >= 4 is 5.82 Å². The Kier molecular flexibility index (Phi) is 2.88. The van der Waals surface area contributed by atoms with Gasteiger partial charge in [0.2, 0.25) is 0 Å². The van der Waals surface area contributed by atoms with Crippen LogP contribution in [-0.2, 0) is 13.6 Å². The number of rotatable bonds is 3. The molecule has 21 heavy (non-hydrogen) atoms. The van der Waals surface area contributed by atoms with Gasteiger partial charge in [-0.1, -0.05) is 0 Å². The van der Waals surface area contributed by atoms with E-state index in [1.54, 1.807) is 18.6 Å². The second kappa shape index (κ2) is 4.77. The smallest absolute Gasteiger partial charge is 0.165 e. The zero-order chi connectivity index (χ0) is 14.4. The van der Waals surface area contributed by atoms with Crippen molar-refractivity contribution in [2.75, 3.05) is 18.0 Å². The lowest BCUT2D eigenvalue weighted by molar-refractivity contribution is 0.221. The Morgan fingerprint density at radius 3 is 2.86 bits per heavy atom. The van der Waals surface area contributed by atoms with Gasteiger partial charge in [-0.05, 0) is 18.6 Å². The Bertz CT molecular complexity index is 656. The fraction of sp³-hybridized carbons (Fsp3) is 0.500. The van der Waals surface area contributed by atoms with Gasteiger partial charge < -0.3 is 4.90 Å². The van der Waals surface area contributed by atoms with Gasteiger partial charge in [0.05, 0.1) is 6.54 Å². The number of hydrogen-bond donors (Lipinski definition) is 0. The van der Waals surface area contributed by atoms with Gasteiger partial charge in [0.15, 0.2) is 11.6 Å². The lowest BCUT2D eigenvalue weighted by Crippen LogP contribution is -2.46. The van der Waals surface area contributed by atoms with Crippen molar-refractivity contribution in [3.8, 4) is 0 Å². The van der Waals surface area contributed by atoms with Crippen molar-refractivity contribution in [1.82, 2.24) is 24.6 Å². The number of pyridine rings is 1. The third-order valence-corrected chi connectivity index (χ3v) is 4.51. The Hall–Kier alpha value is -2.02. The summed E-state index contributed by atoms with van der Waals surface area (Å²) in [6.45, 7) is 2.56. The number of nitrogens with zero attached hydrogens (tertiary/aromatic N) is 6. The van der Waals surface area contributed by atoms with E-state index in [0.29, 0.717) is 17.9 Å². The molecule has 0 aliphatic carbocycles. The molecule has 0 aromatic carbocycles. The van der Waals surface area contributed by atoms with Crippen molar-refractivity contribution in [2.45, 2.75) is 25.0 Å². The number of aromatic nitrogens is 4. The predicted octanol–water partition coefficient (Wildman–Crippen LogP) is 0.812. The standard InChI is InChI=1S/C14H17FN6/c1-19-13(17-9-18-19)8-20-6-11-5-10(20)7-21(11)14-12(15)3-2-4-16-14/h2-4,9-11H,5-8H2,1H3. The van der Waals surface area contributed by atoms with Gasteiger partial charge in [-0.15, -0.1) is 0 Å². The molecule has 7 heteroatoms. The second-order valence-electron chi connectivity index (χ2n) is 5.73. The highest BCUT2D eigenvalue weighted by Crippen LogP contribution is 2.35. The van der Waals surface area contributed by atoms with Gasteiger partial charge in [0.25, 0.3) is 0 Å². The van der Waals surface area contributed by atoms with E-state index in [4.69, 9.17) is 0 Å². The van der Waals surface area contributed by atoms with Crippen molar-refractivity contribution < 1.29 is 4.39 Å². The van der Waals surface area contributed by atoms with Crippen LogP contribution in [0.1, 0.15) is 12.2 Å². The van der Waals surface area contributed by atoms with E-state index in [1.165, 1.54) is 6.07 Å². The fourth-order valence-electron chi connectivity index (χ4n) is 3.44. The van der Waals surface area contributed by atoms with Crippen LogP contribution in [0.3, 0.4) is 0 Å². The number of anilines is 1. The number of hydrogen-bond acceptors (Lipinski definition) is 5. The molecule has 6 nitrogen and oxygen atoms in total. The maximum absolute atomic E-state index is 13.9. The molecule has 0 saturated carbocycles. The minimum absolute atomic E-state index is 0.232. The topological polar surface area (TPSA) is 50.1 Å². The lowest BCUT2D eigenvalue weighted by Gasteiger charge is -2.34. The summed E-state index contributed by atoms with van der Waals surface area (Å²) in [7, 11) is 1.91. The Morgan fingerprint density at radius 2 is 2.19 bits per heavy atom. The van der Waals surface area contributed by atoms with Gasteiger partial charge >= 0.3 is 0 Å². The van der Waals surface area contributed by atoms with E-state index in [-0.39, 0.29) is 5.82 Å². The molecule has 2 aromatic heterocycles. The first-order valence-corrected chi connectivity index (χ1v) is 7.16. The third-order valence-electron chi connectivity index (χ3n) is 4.51. The highest BCUT2D eigenvalue weighted by atomic mass is 19.1. The lowest BCUT2D eigenvalue weighted by atomic mass is 10.2. The van der Waals surface area contributed by atoms with Crippen molar-refractivity contribution in [2.24, 2.45) is 7.05 Å². The quantitative estimate of drug-likeness (QED) is 0.836. The fourth-order valence-corrected chi connectivity index (χ4v) is 3.44. The normalized spacial score (nSPS) is 25.0. The Morgan fingerprint density at radius 1 is 1.29 bits per heavy atom. The third kappa shape index (κ3) is 2.08. The maximum Gasteiger partial charge on any atom is 0.165 e. The molecular formula is C14H17FN6. The van der Waals surface area contributed by atoms with E-state index >= 15 is 0 Å². The van der Waals surface area contributed by atoms with Crippen LogP contribution in [0.2, 0.25) is 0 Å². The van der Waals surface area contributed by atoms with Crippen molar-refractivity contribution in [3.63, 3.8) is 0 Å². The van der Waals surface area contributed by atoms with Gasteiger partial charge in [-0.25, -0.2) is 14.4 Å². The summed E-state index contributed by atoms with van der Waals surface area (Å²) in [5.41, 5.74) is 0. The molecular weight excluding hydrogens is 271 g/mol. The zero-order valence-corrected chi connectivity index (χ0v) is 11.9. The van der Waals surface area contributed by atoms with Crippen LogP contribution in [-0.4, -0.2) is 49.8 Å². The average Bonchev–Trinajstić information content (AvgIpc) is 3.16. The largest absolute Gasteiger partial charge is 0.348 e. The van der Waals surface area contributed by atoms with Crippen LogP contribution in [0.4, 0.5) is 10.2 Å². The molecule has 2 saturated heterocycles. The van der Waals surface area contributed by atoms with E-state index in [2.05, 4.69) is 24.9 Å². The van der Waals surface area contributed by atoms with Gasteiger partial charge in [0, 0.05) is 38.4 Å². The van der Waals surface area contributed by atoms with Crippen LogP contribution in [0.25, 0.3) is 0 Å². The number of piperazine rings is 1. The maximum atomic E-state index is 13.9. The zero-order valence-electron chi connectivity index (χ0n) is 11.9. The van der Waals surface area contributed by atoms with E-state index in [9.17, 15) is 4.39 Å². The molecule has 2 fully saturated rings. The summed E-state index contributed by atoms with van der Waals surface area (Å²) in [4.78, 5) is 13.0. The van der Waals surface area contributed by atoms with E-state index in [1.807, 2.05) is 11.7 Å². The molecule has 4 rings (SSSR count). The molecule has 110 valence electrons. The number of halogens is 1. The summed E-state index contributed by atoms with van der Waals surface area (Å²) in [6, 6.07) is 3.89. The molecule has 2 bridgehead atoms. The molecule has 2 unspecified atom stereocenters. The predicted molar refractivity (Wildman–Crippen MR) is 75.1 cm³/mol. The first-order valence-electron chi connectivity index (χ1n) is 7.16. The van der Waals surface area contributed by atoms with Crippen LogP contribution in [0.15, 0.2) is 24.7 Å². The SMILES string of the molecule is Cn1ncnc1CN1CC2CC1CN2c1ncccc1F. The second-order valence-corrected chi connectivity index (χ2v) is 5.73. The van der Waals surface area contributed by atoms with E-state index in [0.717, 1.165) is 31.9 Å². The number of fused-ring (bicyclic) bond motifs is 2. The summed E-state index contributed by atoms with van der Waals surface area (Å²) < 4.78 is 15.7. The first-order chi connectivity index (χ1) is 10.2. The van der Waals surface area contributed by atoms with Crippen molar-refractivity contribution in [3.05, 3.63) is 36.3 Å². The highest BCUT2D eigenvalue weighted by Gasteiger charge is 2.44. The molecule has 0 radical (unpaired) electrons. The van der Waals surface area contributed by atoms with Crippen LogP contribution in [0.5, 0.6) is 0 Å². The Labute approximate surface area is 122 Å². The number of aryl methyl sites for hydroxylation is 1. The van der Waals surface area contributed by atoms with Crippen molar-refractivity contribution in [1.29, 1.82) is 0 Å². The molecule has 2 aliphatic rings. The molecule has 2 atom stereocenters. The van der Waals surface area contributed by atoms with Crippen LogP contribution >= 0.6 is 0 Å². The monoisotopic (exact) mass is 288 g/mol. The summed E-state index contributed by atoms with van der Waals surface area (Å²) in [6.07, 6.45) is 4.30. The number of likely N-dealkylation sites (tertiary alicyclic amines) is 1. The van der Waals surface area contributed by atoms with Crippen LogP contribution < -0.4 is 4.90 Å². The van der Waals surface area contributed by atoms with E-state index < -0.39 is 0 Å². The molecule has 0 amide bonds. The molecule has 4 heterocycles. The molecule has 0 spiro atoms. The summed E-state index contributed by atoms with van der Waals surface area (Å²) in [5, 5.41) is 4.10.